The number of aryl methyl sites for hydroxylation is 1. The standard InChI is InChI=1S/C17H12ClF3N6OS/c1-8-15(9-2-10(22)6-23-5-9)27-14(28)3-11(24-16(27)29-8)7-26-13(18)4-12(25-26)17(19,20)21/h2-6H,7,22H2,1H3. The average molecular weight is 441 g/mol. The molecule has 4 rings (SSSR count). The molecular weight excluding hydrogens is 429 g/mol. The summed E-state index contributed by atoms with van der Waals surface area (Å²) < 4.78 is 40.8. The van der Waals surface area contributed by atoms with Gasteiger partial charge >= 0.3 is 6.18 Å². The van der Waals surface area contributed by atoms with Crippen LogP contribution in [0, 0.1) is 6.92 Å². The fraction of sp³-hybridized carbons (Fsp3) is 0.176. The molecule has 0 aliphatic rings. The van der Waals surface area contributed by atoms with E-state index in [1.165, 1.54) is 28.0 Å². The van der Waals surface area contributed by atoms with E-state index >= 15 is 0 Å². The second-order valence-corrected chi connectivity index (χ2v) is 7.79. The van der Waals surface area contributed by atoms with Crippen LogP contribution in [0.4, 0.5) is 18.9 Å². The summed E-state index contributed by atoms with van der Waals surface area (Å²) in [5, 5.41) is 3.26. The maximum Gasteiger partial charge on any atom is 0.435 e. The molecule has 0 unspecified atom stereocenters. The summed E-state index contributed by atoms with van der Waals surface area (Å²) in [7, 11) is 0. The van der Waals surface area contributed by atoms with Crippen molar-refractivity contribution in [2.24, 2.45) is 0 Å². The molecule has 0 aliphatic carbocycles. The summed E-state index contributed by atoms with van der Waals surface area (Å²) in [5.74, 6) is 0. The van der Waals surface area contributed by atoms with Gasteiger partial charge in [0, 0.05) is 35.0 Å². The van der Waals surface area contributed by atoms with Gasteiger partial charge in [-0.1, -0.05) is 11.6 Å². The number of aromatic nitrogens is 5. The van der Waals surface area contributed by atoms with Crippen molar-refractivity contribution in [3.05, 3.63) is 62.4 Å². The van der Waals surface area contributed by atoms with E-state index < -0.39 is 11.9 Å². The predicted octanol–water partition coefficient (Wildman–Crippen LogP) is 3.63. The Morgan fingerprint density at radius 1 is 1.24 bits per heavy atom. The number of hydrogen-bond donors (Lipinski definition) is 1. The molecular formula is C17H12ClF3N6OS. The van der Waals surface area contributed by atoms with E-state index in [9.17, 15) is 18.0 Å². The third-order valence-corrected chi connectivity index (χ3v) is 5.37. The van der Waals surface area contributed by atoms with Gasteiger partial charge in [0.25, 0.3) is 5.56 Å². The molecule has 7 nitrogen and oxygen atoms in total. The minimum Gasteiger partial charge on any atom is -0.397 e. The number of hydrogen-bond acceptors (Lipinski definition) is 6. The van der Waals surface area contributed by atoms with Crippen molar-refractivity contribution in [1.29, 1.82) is 0 Å². The van der Waals surface area contributed by atoms with E-state index in [0.717, 1.165) is 15.6 Å². The molecule has 0 amide bonds. The van der Waals surface area contributed by atoms with E-state index in [-0.39, 0.29) is 23.0 Å². The summed E-state index contributed by atoms with van der Waals surface area (Å²) in [6, 6.07) is 3.67. The Kier molecular flexibility index (Phi) is 4.58. The van der Waals surface area contributed by atoms with Gasteiger partial charge in [-0.2, -0.15) is 18.3 Å². The highest BCUT2D eigenvalue weighted by Crippen LogP contribution is 2.31. The van der Waals surface area contributed by atoms with Gasteiger partial charge < -0.3 is 5.73 Å². The maximum atomic E-state index is 12.8. The highest BCUT2D eigenvalue weighted by Gasteiger charge is 2.34. The summed E-state index contributed by atoms with van der Waals surface area (Å²) in [6.07, 6.45) is -1.53. The lowest BCUT2D eigenvalue weighted by Crippen LogP contribution is -2.17. The van der Waals surface area contributed by atoms with E-state index in [4.69, 9.17) is 17.3 Å². The van der Waals surface area contributed by atoms with Gasteiger partial charge in [0.15, 0.2) is 10.7 Å². The van der Waals surface area contributed by atoms with Gasteiger partial charge in [-0.05, 0) is 13.0 Å². The molecule has 29 heavy (non-hydrogen) atoms. The van der Waals surface area contributed by atoms with E-state index in [1.807, 2.05) is 6.92 Å². The van der Waals surface area contributed by atoms with Gasteiger partial charge in [0.2, 0.25) is 0 Å². The van der Waals surface area contributed by atoms with Crippen LogP contribution in [0.25, 0.3) is 16.2 Å². The lowest BCUT2D eigenvalue weighted by atomic mass is 10.2. The summed E-state index contributed by atoms with van der Waals surface area (Å²) in [5.41, 5.74) is 6.27. The molecule has 0 spiro atoms. The second-order valence-electron chi connectivity index (χ2n) is 6.23. The minimum atomic E-state index is -4.61. The topological polar surface area (TPSA) is 91.1 Å². The lowest BCUT2D eigenvalue weighted by molar-refractivity contribution is -0.141. The Morgan fingerprint density at radius 3 is 2.66 bits per heavy atom. The Labute approximate surface area is 170 Å². The van der Waals surface area contributed by atoms with Crippen LogP contribution in [0.15, 0.2) is 35.4 Å². The molecule has 0 bridgehead atoms. The SMILES string of the molecule is Cc1sc2nc(Cn3nc(C(F)(F)F)cc3Cl)cc(=O)n2c1-c1cncc(N)c1. The zero-order chi connectivity index (χ0) is 20.9. The van der Waals surface area contributed by atoms with Crippen molar-refractivity contribution in [1.82, 2.24) is 24.1 Å². The molecule has 4 heterocycles. The average Bonchev–Trinajstić information content (AvgIpc) is 3.15. The van der Waals surface area contributed by atoms with E-state index in [1.54, 1.807) is 12.3 Å². The van der Waals surface area contributed by atoms with Crippen LogP contribution >= 0.6 is 22.9 Å². The lowest BCUT2D eigenvalue weighted by Gasteiger charge is -2.06. The molecule has 0 fully saturated rings. The van der Waals surface area contributed by atoms with E-state index in [0.29, 0.717) is 21.9 Å². The monoisotopic (exact) mass is 440 g/mol. The fourth-order valence-electron chi connectivity index (χ4n) is 2.92. The van der Waals surface area contributed by atoms with Crippen molar-refractivity contribution in [3.63, 3.8) is 0 Å². The number of rotatable bonds is 3. The van der Waals surface area contributed by atoms with Gasteiger partial charge in [0.1, 0.15) is 5.15 Å². The zero-order valence-electron chi connectivity index (χ0n) is 14.7. The van der Waals surface area contributed by atoms with Crippen LogP contribution in [0.1, 0.15) is 16.3 Å². The normalized spacial score (nSPS) is 12.0. The minimum absolute atomic E-state index is 0.174. The number of nitrogens with zero attached hydrogens (tertiary/aromatic N) is 5. The van der Waals surface area contributed by atoms with Crippen LogP contribution in [0.2, 0.25) is 5.15 Å². The fourth-order valence-corrected chi connectivity index (χ4v) is 4.14. The van der Waals surface area contributed by atoms with Gasteiger partial charge in [-0.25, -0.2) is 9.67 Å². The molecule has 0 saturated heterocycles. The molecule has 0 saturated carbocycles. The number of thiazole rings is 1. The van der Waals surface area contributed by atoms with E-state index in [2.05, 4.69) is 15.1 Å². The Bertz CT molecular complexity index is 1290. The molecule has 0 aromatic carbocycles. The number of anilines is 1. The third kappa shape index (κ3) is 3.58. The molecule has 0 radical (unpaired) electrons. The highest BCUT2D eigenvalue weighted by molar-refractivity contribution is 7.17. The summed E-state index contributed by atoms with van der Waals surface area (Å²) in [6.45, 7) is 1.66. The smallest absolute Gasteiger partial charge is 0.397 e. The van der Waals surface area contributed by atoms with Crippen molar-refractivity contribution in [2.75, 3.05) is 5.73 Å². The molecule has 0 atom stereocenters. The first kappa shape index (κ1) is 19.4. The van der Waals surface area contributed by atoms with Gasteiger partial charge in [0.05, 0.1) is 23.6 Å². The first-order valence-electron chi connectivity index (χ1n) is 8.17. The Balaban J connectivity index is 1.78. The Hall–Kier alpha value is -2.92. The summed E-state index contributed by atoms with van der Waals surface area (Å²) >= 11 is 7.13. The van der Waals surface area contributed by atoms with Crippen molar-refractivity contribution in [3.8, 4) is 11.3 Å². The van der Waals surface area contributed by atoms with Gasteiger partial charge in [-0.3, -0.25) is 14.2 Å². The van der Waals surface area contributed by atoms with Crippen molar-refractivity contribution < 1.29 is 13.2 Å². The van der Waals surface area contributed by atoms with Crippen LogP contribution in [-0.2, 0) is 12.7 Å². The van der Waals surface area contributed by atoms with Crippen molar-refractivity contribution in [2.45, 2.75) is 19.6 Å². The quantitative estimate of drug-likeness (QED) is 0.525. The molecule has 0 aliphatic heterocycles. The van der Waals surface area contributed by atoms with Crippen LogP contribution in [0.3, 0.4) is 0 Å². The number of pyridine rings is 1. The highest BCUT2D eigenvalue weighted by atomic mass is 35.5. The first-order valence-corrected chi connectivity index (χ1v) is 9.36. The number of nitrogen functional groups attached to an aromatic ring is 1. The first-order chi connectivity index (χ1) is 13.6. The van der Waals surface area contributed by atoms with Crippen LogP contribution in [0.5, 0.6) is 0 Å². The van der Waals surface area contributed by atoms with Gasteiger partial charge in [-0.15, -0.1) is 11.3 Å². The second kappa shape index (κ2) is 6.85. The predicted molar refractivity (Wildman–Crippen MR) is 103 cm³/mol. The number of nitrogens with two attached hydrogens (primary N) is 1. The largest absolute Gasteiger partial charge is 0.435 e. The number of fused-ring (bicyclic) bond motifs is 1. The third-order valence-electron chi connectivity index (χ3n) is 4.11. The van der Waals surface area contributed by atoms with Crippen LogP contribution < -0.4 is 11.3 Å². The number of halogens is 4. The molecule has 4 aromatic rings. The Morgan fingerprint density at radius 2 is 2.00 bits per heavy atom. The number of alkyl halides is 3. The molecule has 2 N–H and O–H groups in total. The molecule has 12 heteroatoms. The van der Waals surface area contributed by atoms with Crippen molar-refractivity contribution >= 4 is 33.6 Å². The molecule has 150 valence electrons. The summed E-state index contributed by atoms with van der Waals surface area (Å²) in [4.78, 5) is 22.4. The zero-order valence-corrected chi connectivity index (χ0v) is 16.3. The maximum absolute atomic E-state index is 12.8. The van der Waals surface area contributed by atoms with Crippen LogP contribution in [-0.4, -0.2) is 24.1 Å². The molecule has 4 aromatic heterocycles.